The number of carboxylic acids is 1. The molecule has 7 heteroatoms. The number of carbonyl (C=O) groups is 2. The highest BCUT2D eigenvalue weighted by atomic mass is 19.3. The highest BCUT2D eigenvalue weighted by molar-refractivity contribution is 5.84. The van der Waals surface area contributed by atoms with Gasteiger partial charge in [0, 0.05) is 6.54 Å². The first-order chi connectivity index (χ1) is 8.02. The van der Waals surface area contributed by atoms with E-state index in [0.29, 0.717) is 19.4 Å². The first-order valence-electron chi connectivity index (χ1n) is 5.40. The van der Waals surface area contributed by atoms with Gasteiger partial charge < -0.3 is 14.7 Å². The summed E-state index contributed by atoms with van der Waals surface area (Å²) in [5.74, 6) is -1.38. The second kappa shape index (κ2) is 6.48. The Bertz CT molecular complexity index is 285. The van der Waals surface area contributed by atoms with Crippen molar-refractivity contribution in [3.8, 4) is 0 Å². The monoisotopic (exact) mass is 251 g/mol. The van der Waals surface area contributed by atoms with Crippen molar-refractivity contribution in [2.45, 2.75) is 31.7 Å². The molecule has 98 valence electrons. The molecule has 1 atom stereocenters. The van der Waals surface area contributed by atoms with Crippen molar-refractivity contribution in [3.63, 3.8) is 0 Å². The molecule has 1 saturated heterocycles. The van der Waals surface area contributed by atoms with E-state index in [-0.39, 0.29) is 18.9 Å². The van der Waals surface area contributed by atoms with Crippen LogP contribution in [0, 0.1) is 0 Å². The lowest BCUT2D eigenvalue weighted by Crippen LogP contribution is -2.40. The Morgan fingerprint density at radius 3 is 2.76 bits per heavy atom. The van der Waals surface area contributed by atoms with Gasteiger partial charge in [-0.3, -0.25) is 4.79 Å². The topological polar surface area (TPSA) is 66.8 Å². The molecule has 0 aliphatic carbocycles. The van der Waals surface area contributed by atoms with E-state index in [4.69, 9.17) is 5.11 Å². The predicted molar refractivity (Wildman–Crippen MR) is 53.8 cm³/mol. The maximum absolute atomic E-state index is 11.7. The van der Waals surface area contributed by atoms with Crippen molar-refractivity contribution in [2.24, 2.45) is 0 Å². The van der Waals surface area contributed by atoms with Crippen LogP contribution in [0.1, 0.15) is 19.3 Å². The zero-order valence-electron chi connectivity index (χ0n) is 9.27. The number of amides is 1. The third-order valence-electron chi connectivity index (χ3n) is 2.56. The van der Waals surface area contributed by atoms with Crippen LogP contribution in [0.4, 0.5) is 8.78 Å². The summed E-state index contributed by atoms with van der Waals surface area (Å²) >= 11 is 0. The number of nitrogens with zero attached hydrogens (tertiary/aromatic N) is 1. The fourth-order valence-corrected chi connectivity index (χ4v) is 1.80. The van der Waals surface area contributed by atoms with E-state index in [2.05, 4.69) is 4.74 Å². The lowest BCUT2D eigenvalue weighted by Gasteiger charge is -2.21. The number of rotatable bonds is 6. The van der Waals surface area contributed by atoms with Crippen molar-refractivity contribution in [1.82, 2.24) is 4.90 Å². The molecule has 1 N–H and O–H groups in total. The molecule has 1 rings (SSSR count). The van der Waals surface area contributed by atoms with Gasteiger partial charge in [0.1, 0.15) is 12.6 Å². The molecule has 1 amide bonds. The van der Waals surface area contributed by atoms with Gasteiger partial charge in [-0.25, -0.2) is 13.6 Å². The maximum atomic E-state index is 11.7. The van der Waals surface area contributed by atoms with Gasteiger partial charge in [0.05, 0.1) is 13.0 Å². The Morgan fingerprint density at radius 1 is 1.47 bits per heavy atom. The standard InChI is InChI=1S/C10H15F2NO4/c11-8(12)6-17-5-3-9(14)13-4-1-2-7(13)10(15)16/h7-8H,1-6H2,(H,15,16)/t7-/m0/s1. The largest absolute Gasteiger partial charge is 0.480 e. The fourth-order valence-electron chi connectivity index (χ4n) is 1.80. The zero-order chi connectivity index (χ0) is 12.8. The number of halogens is 2. The molecule has 0 spiro atoms. The molecule has 0 saturated carbocycles. The minimum Gasteiger partial charge on any atom is -0.480 e. The van der Waals surface area contributed by atoms with Gasteiger partial charge in [-0.1, -0.05) is 0 Å². The van der Waals surface area contributed by atoms with E-state index in [0.717, 1.165) is 0 Å². The van der Waals surface area contributed by atoms with Crippen LogP contribution in [0.25, 0.3) is 0 Å². The van der Waals surface area contributed by atoms with Crippen LogP contribution < -0.4 is 0 Å². The molecule has 0 aromatic carbocycles. The van der Waals surface area contributed by atoms with E-state index in [1.54, 1.807) is 0 Å². The molecule has 0 bridgehead atoms. The highest BCUT2D eigenvalue weighted by Gasteiger charge is 2.33. The van der Waals surface area contributed by atoms with Gasteiger partial charge in [-0.2, -0.15) is 0 Å². The van der Waals surface area contributed by atoms with Gasteiger partial charge in [-0.15, -0.1) is 0 Å². The fraction of sp³-hybridized carbons (Fsp3) is 0.800. The number of likely N-dealkylation sites (tertiary alicyclic amines) is 1. The van der Waals surface area contributed by atoms with Crippen LogP contribution in [0.3, 0.4) is 0 Å². The van der Waals surface area contributed by atoms with Gasteiger partial charge >= 0.3 is 5.97 Å². The van der Waals surface area contributed by atoms with Crippen molar-refractivity contribution < 1.29 is 28.2 Å². The summed E-state index contributed by atoms with van der Waals surface area (Å²) in [4.78, 5) is 23.7. The van der Waals surface area contributed by atoms with Crippen molar-refractivity contribution in [1.29, 1.82) is 0 Å². The lowest BCUT2D eigenvalue weighted by molar-refractivity contribution is -0.148. The molecule has 0 aromatic heterocycles. The first-order valence-corrected chi connectivity index (χ1v) is 5.40. The smallest absolute Gasteiger partial charge is 0.326 e. The summed E-state index contributed by atoms with van der Waals surface area (Å²) in [6.45, 7) is -0.397. The minimum atomic E-state index is -2.55. The predicted octanol–water partition coefficient (Wildman–Crippen LogP) is 0.734. The Kier molecular flexibility index (Phi) is 5.27. The Morgan fingerprint density at radius 2 is 2.18 bits per heavy atom. The molecular weight excluding hydrogens is 236 g/mol. The number of carboxylic acid groups (broad SMARTS) is 1. The molecule has 0 aromatic rings. The van der Waals surface area contributed by atoms with E-state index in [1.807, 2.05) is 0 Å². The molecule has 5 nitrogen and oxygen atoms in total. The molecule has 0 unspecified atom stereocenters. The Hall–Kier alpha value is -1.24. The minimum absolute atomic E-state index is 0.0590. The molecular formula is C10H15F2NO4. The summed E-state index contributed by atoms with van der Waals surface area (Å²) in [6.07, 6.45) is -1.51. The van der Waals surface area contributed by atoms with Crippen molar-refractivity contribution in [2.75, 3.05) is 19.8 Å². The van der Waals surface area contributed by atoms with E-state index in [9.17, 15) is 18.4 Å². The van der Waals surface area contributed by atoms with Crippen molar-refractivity contribution >= 4 is 11.9 Å². The van der Waals surface area contributed by atoms with Crippen LogP contribution in [0.15, 0.2) is 0 Å². The number of hydrogen-bond donors (Lipinski definition) is 1. The van der Waals surface area contributed by atoms with Crippen LogP contribution in [0.2, 0.25) is 0 Å². The summed E-state index contributed by atoms with van der Waals surface area (Å²) in [7, 11) is 0. The lowest BCUT2D eigenvalue weighted by atomic mass is 10.2. The average molecular weight is 251 g/mol. The van der Waals surface area contributed by atoms with Crippen LogP contribution >= 0.6 is 0 Å². The van der Waals surface area contributed by atoms with Gasteiger partial charge in [0.25, 0.3) is 6.43 Å². The van der Waals surface area contributed by atoms with Crippen LogP contribution in [-0.4, -0.2) is 54.1 Å². The first kappa shape index (κ1) is 13.8. The normalized spacial score (nSPS) is 19.9. The summed E-state index contributed by atoms with van der Waals surface area (Å²) in [5.41, 5.74) is 0. The van der Waals surface area contributed by atoms with Gasteiger partial charge in [-0.05, 0) is 12.8 Å². The third kappa shape index (κ3) is 4.26. The number of ether oxygens (including phenoxy) is 1. The van der Waals surface area contributed by atoms with E-state index >= 15 is 0 Å². The third-order valence-corrected chi connectivity index (χ3v) is 2.56. The average Bonchev–Trinajstić information content (AvgIpc) is 2.72. The Balaban J connectivity index is 2.29. The van der Waals surface area contributed by atoms with Gasteiger partial charge in [0.15, 0.2) is 0 Å². The highest BCUT2D eigenvalue weighted by Crippen LogP contribution is 2.18. The quantitative estimate of drug-likeness (QED) is 0.707. The zero-order valence-corrected chi connectivity index (χ0v) is 9.27. The van der Waals surface area contributed by atoms with Crippen LogP contribution in [-0.2, 0) is 14.3 Å². The SMILES string of the molecule is O=C(O)[C@@H]1CCCN1C(=O)CCOCC(F)F. The molecule has 1 fully saturated rings. The molecule has 1 aliphatic heterocycles. The number of hydrogen-bond acceptors (Lipinski definition) is 3. The molecule has 1 heterocycles. The van der Waals surface area contributed by atoms with Crippen molar-refractivity contribution in [3.05, 3.63) is 0 Å². The summed E-state index contributed by atoms with van der Waals surface area (Å²) in [5, 5.41) is 8.85. The molecule has 1 aliphatic rings. The summed E-state index contributed by atoms with van der Waals surface area (Å²) in [6, 6.07) is -0.780. The molecule has 0 radical (unpaired) electrons. The second-order valence-corrected chi connectivity index (χ2v) is 3.80. The Labute approximate surface area is 97.3 Å². The number of carbonyl (C=O) groups excluding carboxylic acids is 1. The van der Waals surface area contributed by atoms with Crippen LogP contribution in [0.5, 0.6) is 0 Å². The maximum Gasteiger partial charge on any atom is 0.326 e. The van der Waals surface area contributed by atoms with E-state index in [1.165, 1.54) is 4.90 Å². The number of aliphatic carboxylic acids is 1. The molecule has 17 heavy (non-hydrogen) atoms. The van der Waals surface area contributed by atoms with Gasteiger partial charge in [0.2, 0.25) is 5.91 Å². The summed E-state index contributed by atoms with van der Waals surface area (Å²) < 4.78 is 28.0. The van der Waals surface area contributed by atoms with E-state index < -0.39 is 25.0 Å². The second-order valence-electron chi connectivity index (χ2n) is 3.80. The number of alkyl halides is 2.